The molecule has 0 spiro atoms. The van der Waals surface area contributed by atoms with Gasteiger partial charge >= 0.3 is 15.5 Å². The van der Waals surface area contributed by atoms with Crippen molar-refractivity contribution in [1.29, 1.82) is 0 Å². The number of carbonyl (C=O) groups excluding carboxylic acids is 1. The van der Waals surface area contributed by atoms with Crippen LogP contribution in [0.5, 0.6) is 0 Å². The fourth-order valence-electron chi connectivity index (χ4n) is 1.16. The molecule has 100 valence electrons. The standard InChI is InChI=1S/C9H9F3N2O3S/c10-9(11,12)18(16,17)14-7(8(13)15)6-4-2-1-3-5-6/h1-5,7,14H,(H2,13,15). The van der Waals surface area contributed by atoms with E-state index >= 15 is 0 Å². The second-order valence-corrected chi connectivity index (χ2v) is 5.02. The molecule has 0 fully saturated rings. The molecule has 0 bridgehead atoms. The first kappa shape index (κ1) is 14.5. The summed E-state index contributed by atoms with van der Waals surface area (Å²) in [4.78, 5) is 11.0. The molecular weight excluding hydrogens is 273 g/mol. The molecule has 5 nitrogen and oxygen atoms in total. The number of sulfonamides is 1. The van der Waals surface area contributed by atoms with Crippen LogP contribution in [0, 0.1) is 0 Å². The maximum Gasteiger partial charge on any atom is 0.511 e. The average molecular weight is 282 g/mol. The van der Waals surface area contributed by atoms with Crippen molar-refractivity contribution in [2.75, 3.05) is 0 Å². The zero-order valence-electron chi connectivity index (χ0n) is 8.81. The van der Waals surface area contributed by atoms with Crippen LogP contribution in [0.15, 0.2) is 30.3 Å². The van der Waals surface area contributed by atoms with Crippen molar-refractivity contribution in [2.24, 2.45) is 5.73 Å². The van der Waals surface area contributed by atoms with Gasteiger partial charge in [-0.3, -0.25) is 4.79 Å². The first-order chi connectivity index (χ1) is 8.15. The molecule has 9 heteroatoms. The van der Waals surface area contributed by atoms with E-state index in [1.54, 1.807) is 6.07 Å². The Bertz CT molecular complexity index is 528. The Morgan fingerprint density at radius 3 is 2.11 bits per heavy atom. The van der Waals surface area contributed by atoms with E-state index in [1.807, 2.05) is 0 Å². The summed E-state index contributed by atoms with van der Waals surface area (Å²) >= 11 is 0. The fourth-order valence-corrected chi connectivity index (χ4v) is 1.85. The van der Waals surface area contributed by atoms with E-state index in [0.29, 0.717) is 0 Å². The van der Waals surface area contributed by atoms with Gasteiger partial charge in [0.15, 0.2) is 0 Å². The minimum Gasteiger partial charge on any atom is -0.368 e. The van der Waals surface area contributed by atoms with Gasteiger partial charge < -0.3 is 5.73 Å². The number of amides is 1. The third-order valence-corrected chi connectivity index (χ3v) is 3.15. The highest BCUT2D eigenvalue weighted by atomic mass is 32.2. The van der Waals surface area contributed by atoms with Gasteiger partial charge in [0.25, 0.3) is 0 Å². The van der Waals surface area contributed by atoms with Crippen LogP contribution in [-0.2, 0) is 14.8 Å². The minimum atomic E-state index is -5.64. The molecule has 3 N–H and O–H groups in total. The second-order valence-electron chi connectivity index (χ2n) is 3.31. The van der Waals surface area contributed by atoms with E-state index in [2.05, 4.69) is 0 Å². The van der Waals surface area contributed by atoms with Crippen LogP contribution in [0.1, 0.15) is 11.6 Å². The second kappa shape index (κ2) is 4.94. The van der Waals surface area contributed by atoms with Crippen molar-refractivity contribution in [3.63, 3.8) is 0 Å². The highest BCUT2D eigenvalue weighted by Crippen LogP contribution is 2.24. The van der Waals surface area contributed by atoms with Crippen molar-refractivity contribution in [3.8, 4) is 0 Å². The number of halogens is 3. The van der Waals surface area contributed by atoms with Gasteiger partial charge in [0.1, 0.15) is 6.04 Å². The minimum absolute atomic E-state index is 0.0258. The fraction of sp³-hybridized carbons (Fsp3) is 0.222. The molecule has 1 rings (SSSR count). The van der Waals surface area contributed by atoms with Gasteiger partial charge in [-0.15, -0.1) is 0 Å². The number of rotatable bonds is 4. The Morgan fingerprint density at radius 2 is 1.72 bits per heavy atom. The molecular formula is C9H9F3N2O3S. The van der Waals surface area contributed by atoms with Gasteiger partial charge in [0.05, 0.1) is 0 Å². The summed E-state index contributed by atoms with van der Waals surface area (Å²) in [6, 6.07) is 5.24. The lowest BCUT2D eigenvalue weighted by Gasteiger charge is -2.17. The van der Waals surface area contributed by atoms with Crippen LogP contribution in [0.25, 0.3) is 0 Å². The van der Waals surface area contributed by atoms with Crippen molar-refractivity contribution in [2.45, 2.75) is 11.6 Å². The van der Waals surface area contributed by atoms with Crippen LogP contribution in [0.2, 0.25) is 0 Å². The third-order valence-electron chi connectivity index (χ3n) is 2.00. The zero-order valence-corrected chi connectivity index (χ0v) is 9.62. The summed E-state index contributed by atoms with van der Waals surface area (Å²) < 4.78 is 59.5. The smallest absolute Gasteiger partial charge is 0.368 e. The summed E-state index contributed by atoms with van der Waals surface area (Å²) in [5.41, 5.74) is -0.593. The number of primary amides is 1. The van der Waals surface area contributed by atoms with E-state index in [1.165, 1.54) is 29.0 Å². The number of carbonyl (C=O) groups is 1. The Balaban J connectivity index is 3.08. The lowest BCUT2D eigenvalue weighted by Crippen LogP contribution is -2.43. The Morgan fingerprint density at radius 1 is 1.22 bits per heavy atom. The maximum atomic E-state index is 12.2. The summed E-state index contributed by atoms with van der Waals surface area (Å²) in [6.45, 7) is 0. The molecule has 0 saturated heterocycles. The van der Waals surface area contributed by atoms with E-state index in [-0.39, 0.29) is 5.56 Å². The lowest BCUT2D eigenvalue weighted by molar-refractivity contribution is -0.119. The van der Waals surface area contributed by atoms with Gasteiger partial charge in [-0.1, -0.05) is 30.3 Å². The number of benzene rings is 1. The monoisotopic (exact) mass is 282 g/mol. The molecule has 0 heterocycles. The molecule has 1 amide bonds. The van der Waals surface area contributed by atoms with Crippen LogP contribution in [0.4, 0.5) is 13.2 Å². The van der Waals surface area contributed by atoms with Crippen LogP contribution >= 0.6 is 0 Å². The Hall–Kier alpha value is -1.61. The van der Waals surface area contributed by atoms with Crippen molar-refractivity contribution < 1.29 is 26.4 Å². The van der Waals surface area contributed by atoms with Gasteiger partial charge in [-0.05, 0) is 5.56 Å². The third kappa shape index (κ3) is 3.20. The first-order valence-electron chi connectivity index (χ1n) is 4.58. The Labute approximate surface area is 101 Å². The maximum absolute atomic E-state index is 12.2. The molecule has 1 unspecified atom stereocenters. The molecule has 18 heavy (non-hydrogen) atoms. The Kier molecular flexibility index (Phi) is 3.97. The number of nitrogens with two attached hydrogens (primary N) is 1. The normalized spacial score (nSPS) is 14.2. The predicted octanol–water partition coefficient (Wildman–Crippen LogP) is 0.652. The lowest BCUT2D eigenvalue weighted by atomic mass is 10.1. The molecule has 0 aromatic heterocycles. The van der Waals surface area contributed by atoms with Gasteiger partial charge in [-0.2, -0.15) is 17.9 Å². The van der Waals surface area contributed by atoms with Crippen LogP contribution in [-0.4, -0.2) is 19.8 Å². The molecule has 0 aliphatic carbocycles. The van der Waals surface area contributed by atoms with E-state index < -0.39 is 27.5 Å². The quantitative estimate of drug-likeness (QED) is 0.849. The molecule has 0 aliphatic heterocycles. The van der Waals surface area contributed by atoms with Gasteiger partial charge in [-0.25, -0.2) is 8.42 Å². The highest BCUT2D eigenvalue weighted by molar-refractivity contribution is 7.90. The van der Waals surface area contributed by atoms with Crippen molar-refractivity contribution >= 4 is 15.9 Å². The van der Waals surface area contributed by atoms with E-state index in [0.717, 1.165) is 0 Å². The number of hydrogen-bond acceptors (Lipinski definition) is 3. The molecule has 1 aromatic rings. The van der Waals surface area contributed by atoms with Crippen LogP contribution < -0.4 is 10.5 Å². The van der Waals surface area contributed by atoms with Gasteiger partial charge in [0, 0.05) is 0 Å². The molecule has 1 aromatic carbocycles. The van der Waals surface area contributed by atoms with E-state index in [4.69, 9.17) is 5.73 Å². The van der Waals surface area contributed by atoms with Crippen molar-refractivity contribution in [3.05, 3.63) is 35.9 Å². The number of nitrogens with one attached hydrogen (secondary N) is 1. The van der Waals surface area contributed by atoms with E-state index in [9.17, 15) is 26.4 Å². The van der Waals surface area contributed by atoms with Gasteiger partial charge in [0.2, 0.25) is 5.91 Å². The molecule has 0 aliphatic rings. The number of hydrogen-bond donors (Lipinski definition) is 2. The van der Waals surface area contributed by atoms with Crippen molar-refractivity contribution in [1.82, 2.24) is 4.72 Å². The summed E-state index contributed by atoms with van der Waals surface area (Å²) in [5.74, 6) is -1.23. The molecule has 0 saturated carbocycles. The SMILES string of the molecule is NC(=O)C(NS(=O)(=O)C(F)(F)F)c1ccccc1. The predicted molar refractivity (Wildman–Crippen MR) is 56.5 cm³/mol. The average Bonchev–Trinajstić information content (AvgIpc) is 2.25. The number of alkyl halides is 3. The first-order valence-corrected chi connectivity index (χ1v) is 6.06. The zero-order chi connectivity index (χ0) is 14.0. The topological polar surface area (TPSA) is 89.3 Å². The summed E-state index contributed by atoms with van der Waals surface area (Å²) in [7, 11) is -5.64. The highest BCUT2D eigenvalue weighted by Gasteiger charge is 2.47. The largest absolute Gasteiger partial charge is 0.511 e. The summed E-state index contributed by atoms with van der Waals surface area (Å²) in [6.07, 6.45) is 0. The summed E-state index contributed by atoms with van der Waals surface area (Å²) in [5, 5.41) is 0. The van der Waals surface area contributed by atoms with Crippen LogP contribution in [0.3, 0.4) is 0 Å². The molecule has 0 radical (unpaired) electrons. The molecule has 1 atom stereocenters.